The number of carbonyl (C=O) groups is 2. The zero-order chi connectivity index (χ0) is 22.6. The van der Waals surface area contributed by atoms with Crippen molar-refractivity contribution < 1.29 is 14.3 Å². The number of fused-ring (bicyclic) bond motifs is 3. The molecule has 1 saturated carbocycles. The molecule has 3 aliphatic rings. The minimum absolute atomic E-state index is 0.0915. The van der Waals surface area contributed by atoms with Gasteiger partial charge in [-0.1, -0.05) is 31.2 Å². The standard InChI is InChI=1S/C27H32N2O3/c1-17(2)32-22-9-7-8-19(12-22)27-14-20(28(4)16-18(27)3)13-21(15-27)29-25(30)23-10-5-6-11-24(23)26(29)31/h5-12,17-18,20-21H,13-16H2,1-4H3/t18-,20+,21+,27-/m1/s1. The van der Waals surface area contributed by atoms with Crippen molar-refractivity contribution in [3.05, 3.63) is 65.2 Å². The first kappa shape index (κ1) is 21.2. The number of likely N-dealkylation sites (tertiary alicyclic amines) is 1. The molecule has 2 heterocycles. The molecule has 2 fully saturated rings. The lowest BCUT2D eigenvalue weighted by Crippen LogP contribution is -2.61. The predicted octanol–water partition coefficient (Wildman–Crippen LogP) is 4.51. The maximum absolute atomic E-state index is 13.3. The van der Waals surface area contributed by atoms with E-state index in [1.807, 2.05) is 32.0 Å². The molecule has 1 saturated heterocycles. The van der Waals surface area contributed by atoms with E-state index in [-0.39, 0.29) is 29.4 Å². The van der Waals surface area contributed by atoms with E-state index in [2.05, 4.69) is 37.1 Å². The molecule has 1 aliphatic carbocycles. The Labute approximate surface area is 190 Å². The van der Waals surface area contributed by atoms with Crippen LogP contribution in [0.2, 0.25) is 0 Å². The highest BCUT2D eigenvalue weighted by Crippen LogP contribution is 2.51. The number of piperidine rings is 1. The summed E-state index contributed by atoms with van der Waals surface area (Å²) in [5.41, 5.74) is 2.25. The van der Waals surface area contributed by atoms with Crippen molar-refractivity contribution in [1.29, 1.82) is 0 Å². The van der Waals surface area contributed by atoms with Crippen LogP contribution < -0.4 is 4.74 Å². The van der Waals surface area contributed by atoms with Crippen molar-refractivity contribution >= 4 is 11.8 Å². The highest BCUT2D eigenvalue weighted by molar-refractivity contribution is 6.21. The number of hydrogen-bond donors (Lipinski definition) is 0. The first-order valence-electron chi connectivity index (χ1n) is 11.7. The van der Waals surface area contributed by atoms with Gasteiger partial charge < -0.3 is 9.64 Å². The third-order valence-corrected chi connectivity index (χ3v) is 7.84. The van der Waals surface area contributed by atoms with Crippen molar-refractivity contribution in [2.75, 3.05) is 13.6 Å². The largest absolute Gasteiger partial charge is 0.491 e. The van der Waals surface area contributed by atoms with Gasteiger partial charge in [0.2, 0.25) is 0 Å². The number of rotatable bonds is 4. The summed E-state index contributed by atoms with van der Waals surface area (Å²) >= 11 is 0. The summed E-state index contributed by atoms with van der Waals surface area (Å²) in [4.78, 5) is 30.5. The fourth-order valence-electron chi connectivity index (χ4n) is 6.31. The second-order valence-electron chi connectivity index (χ2n) is 10.2. The molecule has 4 atom stereocenters. The highest BCUT2D eigenvalue weighted by Gasteiger charge is 2.53. The van der Waals surface area contributed by atoms with Gasteiger partial charge >= 0.3 is 0 Å². The minimum Gasteiger partial charge on any atom is -0.491 e. The van der Waals surface area contributed by atoms with E-state index in [4.69, 9.17) is 4.74 Å². The molecule has 32 heavy (non-hydrogen) atoms. The molecule has 0 aromatic heterocycles. The smallest absolute Gasteiger partial charge is 0.261 e. The Bertz CT molecular complexity index is 1030. The third-order valence-electron chi connectivity index (χ3n) is 7.84. The molecule has 168 valence electrons. The van der Waals surface area contributed by atoms with Crippen molar-refractivity contribution in [2.45, 2.75) is 63.6 Å². The molecule has 5 rings (SSSR count). The Hall–Kier alpha value is -2.66. The van der Waals surface area contributed by atoms with Gasteiger partial charge in [-0.05, 0) is 75.9 Å². The first-order valence-corrected chi connectivity index (χ1v) is 11.7. The molecular weight excluding hydrogens is 400 g/mol. The van der Waals surface area contributed by atoms with Crippen LogP contribution in [-0.4, -0.2) is 53.4 Å². The number of nitrogens with zero attached hydrogens (tertiary/aromatic N) is 2. The Kier molecular flexibility index (Phi) is 5.12. The molecule has 2 aliphatic heterocycles. The van der Waals surface area contributed by atoms with E-state index < -0.39 is 0 Å². The predicted molar refractivity (Wildman–Crippen MR) is 124 cm³/mol. The molecule has 2 aromatic carbocycles. The van der Waals surface area contributed by atoms with Crippen LogP contribution >= 0.6 is 0 Å². The second-order valence-corrected chi connectivity index (χ2v) is 10.2. The third kappa shape index (κ3) is 3.25. The molecule has 0 spiro atoms. The topological polar surface area (TPSA) is 49.9 Å². The Morgan fingerprint density at radius 2 is 1.62 bits per heavy atom. The normalized spacial score (nSPS) is 30.0. The van der Waals surface area contributed by atoms with Crippen LogP contribution in [0.5, 0.6) is 5.75 Å². The van der Waals surface area contributed by atoms with Crippen molar-refractivity contribution in [1.82, 2.24) is 9.80 Å². The maximum Gasteiger partial charge on any atom is 0.261 e. The van der Waals surface area contributed by atoms with E-state index in [0.29, 0.717) is 23.1 Å². The van der Waals surface area contributed by atoms with E-state index in [9.17, 15) is 9.59 Å². The van der Waals surface area contributed by atoms with Gasteiger partial charge in [0.1, 0.15) is 5.75 Å². The lowest BCUT2D eigenvalue weighted by atomic mass is 9.57. The number of amides is 2. The van der Waals surface area contributed by atoms with Gasteiger partial charge in [-0.15, -0.1) is 0 Å². The van der Waals surface area contributed by atoms with Gasteiger partial charge in [0.05, 0.1) is 17.2 Å². The first-order chi connectivity index (χ1) is 15.3. The van der Waals surface area contributed by atoms with Gasteiger partial charge in [0, 0.05) is 24.0 Å². The second kappa shape index (κ2) is 7.73. The zero-order valence-electron chi connectivity index (χ0n) is 19.4. The van der Waals surface area contributed by atoms with Gasteiger partial charge in [0.15, 0.2) is 0 Å². The molecule has 0 N–H and O–H groups in total. The molecule has 2 aromatic rings. The summed E-state index contributed by atoms with van der Waals surface area (Å²) < 4.78 is 6.01. The maximum atomic E-state index is 13.3. The van der Waals surface area contributed by atoms with E-state index in [1.165, 1.54) is 5.56 Å². The van der Waals surface area contributed by atoms with Gasteiger partial charge in [-0.3, -0.25) is 14.5 Å². The lowest BCUT2D eigenvalue weighted by Gasteiger charge is -2.56. The van der Waals surface area contributed by atoms with Crippen molar-refractivity contribution in [2.24, 2.45) is 5.92 Å². The number of benzene rings is 2. The van der Waals surface area contributed by atoms with Crippen LogP contribution in [0.1, 0.15) is 66.3 Å². The van der Waals surface area contributed by atoms with Crippen LogP contribution in [0.3, 0.4) is 0 Å². The van der Waals surface area contributed by atoms with Crippen molar-refractivity contribution in [3.8, 4) is 5.75 Å². The summed E-state index contributed by atoms with van der Waals surface area (Å²) in [6, 6.07) is 15.9. The molecule has 5 nitrogen and oxygen atoms in total. The van der Waals surface area contributed by atoms with E-state index in [1.54, 1.807) is 17.0 Å². The van der Waals surface area contributed by atoms with Crippen LogP contribution in [0.15, 0.2) is 48.5 Å². The summed E-state index contributed by atoms with van der Waals surface area (Å²) in [6.07, 6.45) is 2.78. The summed E-state index contributed by atoms with van der Waals surface area (Å²) in [6.45, 7) is 7.40. The molecule has 2 amide bonds. The summed E-state index contributed by atoms with van der Waals surface area (Å²) in [5, 5.41) is 0. The summed E-state index contributed by atoms with van der Waals surface area (Å²) in [5.74, 6) is 1.00. The van der Waals surface area contributed by atoms with E-state index in [0.717, 1.165) is 31.6 Å². The Balaban J connectivity index is 1.54. The summed E-state index contributed by atoms with van der Waals surface area (Å²) in [7, 11) is 2.17. The minimum atomic E-state index is -0.141. The fraction of sp³-hybridized carbons (Fsp3) is 0.481. The molecule has 0 radical (unpaired) electrons. The van der Waals surface area contributed by atoms with E-state index >= 15 is 0 Å². The number of carbonyl (C=O) groups excluding carboxylic acids is 2. The quantitative estimate of drug-likeness (QED) is 0.667. The molecule has 0 unspecified atom stereocenters. The number of imide groups is 1. The number of hydrogen-bond acceptors (Lipinski definition) is 4. The van der Waals surface area contributed by atoms with Crippen LogP contribution in [0, 0.1) is 5.92 Å². The van der Waals surface area contributed by atoms with Gasteiger partial charge in [-0.2, -0.15) is 0 Å². The van der Waals surface area contributed by atoms with Gasteiger partial charge in [0.25, 0.3) is 11.8 Å². The molecule has 5 heteroatoms. The molecule has 2 bridgehead atoms. The average molecular weight is 433 g/mol. The Morgan fingerprint density at radius 3 is 2.28 bits per heavy atom. The fourth-order valence-corrected chi connectivity index (χ4v) is 6.31. The SMILES string of the molecule is CC(C)Oc1cccc([C@]23C[C@H](C[C@H](N4C(=O)c5ccccc5C4=O)C2)N(C)C[C@H]3C)c1. The van der Waals surface area contributed by atoms with Crippen molar-refractivity contribution in [3.63, 3.8) is 0 Å². The van der Waals surface area contributed by atoms with Crippen LogP contribution in [0.4, 0.5) is 0 Å². The monoisotopic (exact) mass is 432 g/mol. The highest BCUT2D eigenvalue weighted by atomic mass is 16.5. The average Bonchev–Trinajstić information content (AvgIpc) is 3.02. The van der Waals surface area contributed by atoms with Crippen LogP contribution in [-0.2, 0) is 5.41 Å². The lowest BCUT2D eigenvalue weighted by molar-refractivity contribution is -0.0101. The van der Waals surface area contributed by atoms with Gasteiger partial charge in [-0.25, -0.2) is 0 Å². The Morgan fingerprint density at radius 1 is 0.969 bits per heavy atom. The zero-order valence-corrected chi connectivity index (χ0v) is 19.4. The number of ether oxygens (including phenoxy) is 1. The van der Waals surface area contributed by atoms with Crippen LogP contribution in [0.25, 0.3) is 0 Å². The molecular formula is C27H32N2O3.